The Balaban J connectivity index is 0.000000122. The number of phenolic OH excluding ortho intramolecular Hbond substituents is 2. The molecule has 3 heterocycles. The molecule has 0 radical (unpaired) electrons. The highest BCUT2D eigenvalue weighted by Gasteiger charge is 2.37. The minimum absolute atomic E-state index is 0. The predicted octanol–water partition coefficient (Wildman–Crippen LogP) is 10.2. The van der Waals surface area contributed by atoms with Crippen molar-refractivity contribution in [1.29, 1.82) is 0 Å². The Bertz CT molecular complexity index is 2660. The van der Waals surface area contributed by atoms with Gasteiger partial charge in [-0.1, -0.05) is 72.8 Å². The number of rotatable bonds is 4. The van der Waals surface area contributed by atoms with Crippen LogP contribution < -0.4 is 18.9 Å². The van der Waals surface area contributed by atoms with Crippen molar-refractivity contribution in [2.75, 3.05) is 69.2 Å². The Morgan fingerprint density at radius 2 is 0.785 bits per heavy atom. The van der Waals surface area contributed by atoms with E-state index >= 15 is 0 Å². The van der Waals surface area contributed by atoms with Gasteiger partial charge in [0.15, 0.2) is 34.5 Å². The van der Waals surface area contributed by atoms with Crippen LogP contribution in [0, 0.1) is 0 Å². The fourth-order valence-electron chi connectivity index (χ4n) is 11.7. The van der Waals surface area contributed by atoms with E-state index in [1.807, 2.05) is 18.2 Å². The Hall–Kier alpha value is -5.71. The van der Waals surface area contributed by atoms with Gasteiger partial charge in [-0.3, -0.25) is 14.7 Å². The molecule has 2 N–H and O–H groups in total. The Morgan fingerprint density at radius 1 is 0.431 bits per heavy atom. The standard InChI is InChI=1S/2C19H21NO2.C17H17NO2.ClH/c2*1-20-10-9-12-5-4-6-14-17(12)15(20)11-13-7-8-16(21-2)19(22-3)18(13)14;1-18-8-7-10-3-2-4-12-15(10)13(18)9-11-5-6-14(19)17(20)16(11)12;/h2*4-8,15H,9-11H2,1-3H3;2-6,13,19-20H,7-9H2,1H3;1H/t15-;;13-;/m0.0./s1. The molecule has 3 atom stereocenters. The number of methoxy groups -OCH3 is 4. The SMILES string of the molecule is CN1CCc2cccc3c2[C@@H]1Cc1ccc(O)c(O)c1-3.COc1ccc2c(c1OC)-c1cccc3c1C(C2)N(C)CC3.COc1ccc2c(c1OC)-c1cccc3c1[C@H](C2)N(C)CC3.Cl. The highest BCUT2D eigenvalue weighted by atomic mass is 35.5. The maximum Gasteiger partial charge on any atom is 0.168 e. The van der Waals surface area contributed by atoms with E-state index < -0.39 is 0 Å². The van der Waals surface area contributed by atoms with Crippen LogP contribution in [-0.4, -0.2) is 94.1 Å². The molecule has 0 saturated carbocycles. The summed E-state index contributed by atoms with van der Waals surface area (Å²) in [5, 5.41) is 20.1. The molecule has 3 aliphatic heterocycles. The number of fused-ring (bicyclic) bond motifs is 6. The summed E-state index contributed by atoms with van der Waals surface area (Å²) in [6.45, 7) is 3.33. The molecule has 0 spiro atoms. The molecule has 3 aliphatic carbocycles. The first-order chi connectivity index (χ1) is 31.1. The van der Waals surface area contributed by atoms with Crippen molar-refractivity contribution in [3.05, 3.63) is 141 Å². The van der Waals surface area contributed by atoms with Crippen molar-refractivity contribution >= 4 is 12.4 Å². The zero-order valence-electron chi connectivity index (χ0n) is 38.5. The highest BCUT2D eigenvalue weighted by molar-refractivity contribution is 5.86. The van der Waals surface area contributed by atoms with Crippen LogP contribution in [0.15, 0.2) is 91.0 Å². The lowest BCUT2D eigenvalue weighted by atomic mass is 9.77. The minimum Gasteiger partial charge on any atom is -0.504 e. The predicted molar refractivity (Wildman–Crippen MR) is 261 cm³/mol. The van der Waals surface area contributed by atoms with E-state index in [-0.39, 0.29) is 23.9 Å². The molecule has 65 heavy (non-hydrogen) atoms. The van der Waals surface area contributed by atoms with Crippen molar-refractivity contribution < 1.29 is 29.2 Å². The topological polar surface area (TPSA) is 87.1 Å². The van der Waals surface area contributed by atoms with Crippen LogP contribution in [0.25, 0.3) is 33.4 Å². The van der Waals surface area contributed by atoms with E-state index in [9.17, 15) is 10.2 Å². The van der Waals surface area contributed by atoms with Crippen LogP contribution in [0.3, 0.4) is 0 Å². The van der Waals surface area contributed by atoms with Crippen LogP contribution in [0.5, 0.6) is 34.5 Å². The van der Waals surface area contributed by atoms with Gasteiger partial charge < -0.3 is 29.2 Å². The number of phenols is 2. The van der Waals surface area contributed by atoms with E-state index in [1.54, 1.807) is 34.5 Å². The summed E-state index contributed by atoms with van der Waals surface area (Å²) >= 11 is 0. The number of hydrogen-bond acceptors (Lipinski definition) is 9. The van der Waals surface area contributed by atoms with Crippen LogP contribution in [0.2, 0.25) is 0 Å². The van der Waals surface area contributed by atoms with Crippen molar-refractivity contribution in [3.8, 4) is 67.9 Å². The molecule has 338 valence electrons. The molecule has 1 unspecified atom stereocenters. The largest absolute Gasteiger partial charge is 0.504 e. The Kier molecular flexibility index (Phi) is 12.3. The van der Waals surface area contributed by atoms with Crippen molar-refractivity contribution in [3.63, 3.8) is 0 Å². The zero-order chi connectivity index (χ0) is 44.4. The molecule has 0 bridgehead atoms. The van der Waals surface area contributed by atoms with Gasteiger partial charge >= 0.3 is 0 Å². The summed E-state index contributed by atoms with van der Waals surface area (Å²) in [4.78, 5) is 7.34. The number of likely N-dealkylation sites (N-methyl/N-ethyl adjacent to an activating group) is 3. The van der Waals surface area contributed by atoms with Gasteiger partial charge in [-0.05, 0) is 145 Å². The summed E-state index contributed by atoms with van der Waals surface area (Å²) in [5.74, 6) is 3.31. The Labute approximate surface area is 389 Å². The number of aromatic hydroxyl groups is 2. The second kappa shape index (κ2) is 17.9. The van der Waals surface area contributed by atoms with Crippen molar-refractivity contribution in [1.82, 2.24) is 14.7 Å². The van der Waals surface area contributed by atoms with Gasteiger partial charge in [0.2, 0.25) is 0 Å². The van der Waals surface area contributed by atoms with E-state index in [0.717, 1.165) is 97.8 Å². The van der Waals surface area contributed by atoms with Gasteiger partial charge in [-0.25, -0.2) is 0 Å². The van der Waals surface area contributed by atoms with Gasteiger partial charge in [0, 0.05) is 54.5 Å². The lowest BCUT2D eigenvalue weighted by Gasteiger charge is -2.40. The molecular weight excluding hydrogens is 834 g/mol. The summed E-state index contributed by atoms with van der Waals surface area (Å²) in [6.07, 6.45) is 6.26. The number of nitrogens with zero attached hydrogens (tertiary/aromatic N) is 3. The molecule has 12 rings (SSSR count). The maximum absolute atomic E-state index is 10.3. The molecule has 0 saturated heterocycles. The van der Waals surface area contributed by atoms with Gasteiger partial charge in [-0.2, -0.15) is 0 Å². The number of benzene rings is 6. The average molecular weight is 895 g/mol. The summed E-state index contributed by atoms with van der Waals surface area (Å²) in [5.41, 5.74) is 19.4. The second-order valence-electron chi connectivity index (χ2n) is 18.1. The van der Waals surface area contributed by atoms with Gasteiger partial charge in [-0.15, -0.1) is 12.4 Å². The van der Waals surface area contributed by atoms with Crippen LogP contribution in [-0.2, 0) is 38.5 Å². The van der Waals surface area contributed by atoms with E-state index in [1.165, 1.54) is 66.8 Å². The quantitative estimate of drug-likeness (QED) is 0.168. The third kappa shape index (κ3) is 7.37. The van der Waals surface area contributed by atoms with Gasteiger partial charge in [0.1, 0.15) is 0 Å². The lowest BCUT2D eigenvalue weighted by molar-refractivity contribution is 0.228. The second-order valence-corrected chi connectivity index (χ2v) is 18.1. The Morgan fingerprint density at radius 3 is 1.15 bits per heavy atom. The molecule has 0 fully saturated rings. The number of hydrogen-bond donors (Lipinski definition) is 2. The number of halogens is 1. The fourth-order valence-corrected chi connectivity index (χ4v) is 11.7. The highest BCUT2D eigenvalue weighted by Crippen LogP contribution is 2.53. The molecule has 0 amide bonds. The van der Waals surface area contributed by atoms with Crippen molar-refractivity contribution in [2.45, 2.75) is 56.7 Å². The summed E-state index contributed by atoms with van der Waals surface area (Å²) in [6, 6.07) is 32.9. The van der Waals surface area contributed by atoms with Crippen LogP contribution >= 0.6 is 12.4 Å². The zero-order valence-corrected chi connectivity index (χ0v) is 39.4. The molecule has 6 aromatic rings. The lowest BCUT2D eigenvalue weighted by Crippen LogP contribution is -2.35. The molecule has 0 aromatic heterocycles. The van der Waals surface area contributed by atoms with Crippen LogP contribution in [0.1, 0.15) is 68.2 Å². The third-order valence-corrected chi connectivity index (χ3v) is 14.9. The first kappa shape index (κ1) is 44.5. The van der Waals surface area contributed by atoms with E-state index in [0.29, 0.717) is 18.1 Å². The minimum atomic E-state index is -0.0380. The number of ether oxygens (including phenoxy) is 4. The summed E-state index contributed by atoms with van der Waals surface area (Å²) < 4.78 is 22.4. The molecular formula is C55H60ClN3O6. The van der Waals surface area contributed by atoms with E-state index in [4.69, 9.17) is 18.9 Å². The maximum atomic E-state index is 10.3. The molecule has 6 aromatic carbocycles. The van der Waals surface area contributed by atoms with E-state index in [2.05, 4.69) is 103 Å². The summed E-state index contributed by atoms with van der Waals surface area (Å²) in [7, 11) is 13.5. The monoisotopic (exact) mass is 893 g/mol. The smallest absolute Gasteiger partial charge is 0.168 e. The normalized spacial score (nSPS) is 19.3. The first-order valence-corrected chi connectivity index (χ1v) is 22.6. The molecule has 6 aliphatic rings. The molecule has 10 heteroatoms. The first-order valence-electron chi connectivity index (χ1n) is 22.6. The third-order valence-electron chi connectivity index (χ3n) is 14.9. The van der Waals surface area contributed by atoms with Gasteiger partial charge in [0.25, 0.3) is 0 Å². The fraction of sp³-hybridized carbons (Fsp3) is 0.345. The van der Waals surface area contributed by atoms with Crippen LogP contribution in [0.4, 0.5) is 0 Å². The average Bonchev–Trinajstić information content (AvgIpc) is 3.33. The van der Waals surface area contributed by atoms with Gasteiger partial charge in [0.05, 0.1) is 28.4 Å². The van der Waals surface area contributed by atoms with Crippen molar-refractivity contribution in [2.24, 2.45) is 0 Å². The molecule has 9 nitrogen and oxygen atoms in total.